The first kappa shape index (κ1) is 19.3. The number of ether oxygens (including phenoxy) is 1. The van der Waals surface area contributed by atoms with E-state index in [1.54, 1.807) is 7.05 Å². The van der Waals surface area contributed by atoms with Gasteiger partial charge in [-0.3, -0.25) is 4.99 Å². The van der Waals surface area contributed by atoms with Gasteiger partial charge in [0.2, 0.25) is 0 Å². The Bertz CT molecular complexity index is 961. The number of guanidine groups is 1. The van der Waals surface area contributed by atoms with Gasteiger partial charge in [0, 0.05) is 62.1 Å². The van der Waals surface area contributed by atoms with Gasteiger partial charge in [0.15, 0.2) is 5.96 Å². The van der Waals surface area contributed by atoms with E-state index in [-0.39, 0.29) is 0 Å². The molecule has 7 nitrogen and oxygen atoms in total. The molecule has 1 fully saturated rings. The first-order chi connectivity index (χ1) is 14.3. The Balaban J connectivity index is 1.32. The van der Waals surface area contributed by atoms with Crippen molar-refractivity contribution in [1.82, 2.24) is 20.6 Å². The monoisotopic (exact) mass is 392 g/mol. The zero-order chi connectivity index (χ0) is 19.9. The smallest absolute Gasteiger partial charge is 0.191 e. The van der Waals surface area contributed by atoms with Crippen molar-refractivity contribution in [3.63, 3.8) is 0 Å². The summed E-state index contributed by atoms with van der Waals surface area (Å²) in [7, 11) is 1.80. The molecule has 4 rings (SSSR count). The highest BCUT2D eigenvalue weighted by Crippen LogP contribution is 2.19. The molecule has 0 saturated carbocycles. The molecule has 1 saturated heterocycles. The number of rotatable bonds is 6. The van der Waals surface area contributed by atoms with E-state index in [0.29, 0.717) is 6.54 Å². The highest BCUT2D eigenvalue weighted by atomic mass is 16.5. The van der Waals surface area contributed by atoms with Gasteiger partial charge in [-0.25, -0.2) is 4.98 Å². The zero-order valence-corrected chi connectivity index (χ0v) is 16.8. The number of nitrogens with zero attached hydrogens (tertiary/aromatic N) is 3. The number of aliphatic imine (C=N–C) groups is 1. The van der Waals surface area contributed by atoms with E-state index in [2.05, 4.69) is 67.0 Å². The van der Waals surface area contributed by atoms with E-state index in [9.17, 15) is 0 Å². The van der Waals surface area contributed by atoms with Gasteiger partial charge >= 0.3 is 0 Å². The van der Waals surface area contributed by atoms with Crippen molar-refractivity contribution in [3.05, 3.63) is 59.9 Å². The fourth-order valence-corrected chi connectivity index (χ4v) is 3.68. The van der Waals surface area contributed by atoms with Gasteiger partial charge in [-0.1, -0.05) is 24.3 Å². The van der Waals surface area contributed by atoms with Crippen molar-refractivity contribution >= 4 is 22.7 Å². The van der Waals surface area contributed by atoms with Gasteiger partial charge in [0.05, 0.1) is 13.2 Å². The summed E-state index contributed by atoms with van der Waals surface area (Å²) >= 11 is 0. The van der Waals surface area contributed by atoms with E-state index < -0.39 is 0 Å². The second-order valence-electron chi connectivity index (χ2n) is 7.05. The van der Waals surface area contributed by atoms with E-state index in [4.69, 9.17) is 4.74 Å². The molecule has 0 aliphatic carbocycles. The van der Waals surface area contributed by atoms with E-state index in [0.717, 1.165) is 56.6 Å². The SMILES string of the molecule is CN=C(NCCc1c[nH]c2ccccc12)NCc1cccnc1N1CCOCC1. The lowest BCUT2D eigenvalue weighted by Gasteiger charge is -2.29. The largest absolute Gasteiger partial charge is 0.378 e. The fourth-order valence-electron chi connectivity index (χ4n) is 3.68. The molecule has 7 heteroatoms. The second kappa shape index (κ2) is 9.43. The molecule has 29 heavy (non-hydrogen) atoms. The molecule has 1 aliphatic rings. The Morgan fingerprint density at radius 3 is 2.86 bits per heavy atom. The summed E-state index contributed by atoms with van der Waals surface area (Å²) < 4.78 is 5.46. The molecule has 3 N–H and O–H groups in total. The van der Waals surface area contributed by atoms with E-state index in [1.165, 1.54) is 16.5 Å². The number of aromatic nitrogens is 2. The maximum Gasteiger partial charge on any atom is 0.191 e. The molecule has 0 bridgehead atoms. The first-order valence-corrected chi connectivity index (χ1v) is 10.1. The van der Waals surface area contributed by atoms with Gasteiger partial charge in [-0.15, -0.1) is 0 Å². The first-order valence-electron chi connectivity index (χ1n) is 10.1. The maximum absolute atomic E-state index is 5.46. The summed E-state index contributed by atoms with van der Waals surface area (Å²) in [6.45, 7) is 4.74. The normalized spacial score (nSPS) is 14.9. The van der Waals surface area contributed by atoms with Crippen LogP contribution >= 0.6 is 0 Å². The Morgan fingerprint density at radius 2 is 2.00 bits per heavy atom. The minimum absolute atomic E-state index is 0.674. The lowest BCUT2D eigenvalue weighted by atomic mass is 10.1. The number of anilines is 1. The van der Waals surface area contributed by atoms with Crippen LogP contribution < -0.4 is 15.5 Å². The molecule has 3 heterocycles. The predicted octanol–water partition coefficient (Wildman–Crippen LogP) is 2.31. The number of fused-ring (bicyclic) bond motifs is 1. The molecular weight excluding hydrogens is 364 g/mol. The summed E-state index contributed by atoms with van der Waals surface area (Å²) in [5.74, 6) is 1.82. The van der Waals surface area contributed by atoms with Crippen LogP contribution in [0.5, 0.6) is 0 Å². The zero-order valence-electron chi connectivity index (χ0n) is 16.8. The number of nitrogens with one attached hydrogen (secondary N) is 3. The Morgan fingerprint density at radius 1 is 1.14 bits per heavy atom. The molecule has 1 aliphatic heterocycles. The van der Waals surface area contributed by atoms with E-state index in [1.807, 2.05) is 12.3 Å². The van der Waals surface area contributed by atoms with Crippen molar-refractivity contribution in [2.75, 3.05) is 44.8 Å². The number of morpholine rings is 1. The summed E-state index contributed by atoms with van der Waals surface area (Å²) in [4.78, 5) is 14.6. The van der Waals surface area contributed by atoms with Crippen molar-refractivity contribution in [2.45, 2.75) is 13.0 Å². The highest BCUT2D eigenvalue weighted by molar-refractivity contribution is 5.83. The van der Waals surface area contributed by atoms with Crippen LogP contribution in [0, 0.1) is 0 Å². The summed E-state index contributed by atoms with van der Waals surface area (Å²) in [6.07, 6.45) is 4.87. The van der Waals surface area contributed by atoms with Crippen molar-refractivity contribution in [1.29, 1.82) is 0 Å². The number of H-pyrrole nitrogens is 1. The molecule has 0 atom stereocenters. The van der Waals surface area contributed by atoms with Crippen molar-refractivity contribution < 1.29 is 4.74 Å². The molecule has 0 spiro atoms. The van der Waals surface area contributed by atoms with Crippen molar-refractivity contribution in [3.8, 4) is 0 Å². The number of hydrogen-bond donors (Lipinski definition) is 3. The van der Waals surface area contributed by atoms with Crippen molar-refractivity contribution in [2.24, 2.45) is 4.99 Å². The maximum atomic E-state index is 5.46. The topological polar surface area (TPSA) is 77.6 Å². The minimum atomic E-state index is 0.674. The quantitative estimate of drug-likeness (QED) is 0.443. The standard InChI is InChI=1S/C22H28N6O/c1-23-22(25-10-8-17-15-26-20-7-3-2-6-19(17)20)27-16-18-5-4-9-24-21(18)28-11-13-29-14-12-28/h2-7,9,15,26H,8,10-14,16H2,1H3,(H2,23,25,27). The fraction of sp³-hybridized carbons (Fsp3) is 0.364. The second-order valence-corrected chi connectivity index (χ2v) is 7.05. The van der Waals surface area contributed by atoms with E-state index >= 15 is 0 Å². The van der Waals surface area contributed by atoms with Crippen LogP contribution in [0.25, 0.3) is 10.9 Å². The highest BCUT2D eigenvalue weighted by Gasteiger charge is 2.15. The summed E-state index contributed by atoms with van der Waals surface area (Å²) in [5.41, 5.74) is 3.65. The minimum Gasteiger partial charge on any atom is -0.378 e. The third-order valence-electron chi connectivity index (χ3n) is 5.21. The summed E-state index contributed by atoms with van der Waals surface area (Å²) in [6, 6.07) is 12.5. The van der Waals surface area contributed by atoms with Gasteiger partial charge < -0.3 is 25.3 Å². The number of pyridine rings is 1. The van der Waals surface area contributed by atoms with Crippen LogP contribution in [0.1, 0.15) is 11.1 Å². The van der Waals surface area contributed by atoms with Crippen LogP contribution in [-0.2, 0) is 17.7 Å². The molecular formula is C22H28N6O. The van der Waals surface area contributed by atoms with Crippen LogP contribution in [-0.4, -0.2) is 55.8 Å². The van der Waals surface area contributed by atoms with Crippen LogP contribution in [0.2, 0.25) is 0 Å². The Kier molecular flexibility index (Phi) is 6.26. The lowest BCUT2D eigenvalue weighted by Crippen LogP contribution is -2.40. The third kappa shape index (κ3) is 4.68. The van der Waals surface area contributed by atoms with Gasteiger partial charge in [-0.2, -0.15) is 0 Å². The average Bonchev–Trinajstić information content (AvgIpc) is 3.20. The molecule has 0 radical (unpaired) electrons. The van der Waals surface area contributed by atoms with Crippen LogP contribution in [0.4, 0.5) is 5.82 Å². The van der Waals surface area contributed by atoms with Gasteiger partial charge in [-0.05, 0) is 24.1 Å². The summed E-state index contributed by atoms with van der Waals surface area (Å²) in [5, 5.41) is 8.11. The predicted molar refractivity (Wildman–Crippen MR) is 117 cm³/mol. The number of hydrogen-bond acceptors (Lipinski definition) is 4. The average molecular weight is 393 g/mol. The third-order valence-corrected chi connectivity index (χ3v) is 5.21. The lowest BCUT2D eigenvalue weighted by molar-refractivity contribution is 0.122. The molecule has 3 aromatic rings. The molecule has 152 valence electrons. The molecule has 0 unspecified atom stereocenters. The number of aromatic amines is 1. The molecule has 0 amide bonds. The van der Waals surface area contributed by atoms with Crippen LogP contribution in [0.15, 0.2) is 53.8 Å². The molecule has 1 aromatic carbocycles. The number of para-hydroxylation sites is 1. The van der Waals surface area contributed by atoms with Crippen LogP contribution in [0.3, 0.4) is 0 Å². The molecule has 2 aromatic heterocycles. The Labute approximate surface area is 171 Å². The van der Waals surface area contributed by atoms with Gasteiger partial charge in [0.25, 0.3) is 0 Å². The van der Waals surface area contributed by atoms with Gasteiger partial charge in [0.1, 0.15) is 5.82 Å². The number of benzene rings is 1. The Hall–Kier alpha value is -3.06.